The van der Waals surface area contributed by atoms with Crippen LogP contribution < -0.4 is 0 Å². The van der Waals surface area contributed by atoms with Crippen LogP contribution in [0.4, 0.5) is 0 Å². The van der Waals surface area contributed by atoms with Gasteiger partial charge in [-0.1, -0.05) is 129 Å². The van der Waals surface area contributed by atoms with E-state index in [9.17, 15) is 0 Å². The Morgan fingerprint density at radius 3 is 1.78 bits per heavy atom. The highest BCUT2D eigenvalue weighted by molar-refractivity contribution is 5.99. The maximum absolute atomic E-state index is 5.07. The average molecular weight is 525 g/mol. The molecule has 1 aliphatic rings. The van der Waals surface area contributed by atoms with Crippen LogP contribution in [0.25, 0.3) is 66.6 Å². The van der Waals surface area contributed by atoms with Crippen LogP contribution in [-0.2, 0) is 5.41 Å². The number of para-hydroxylation sites is 2. The van der Waals surface area contributed by atoms with Crippen molar-refractivity contribution in [1.82, 2.24) is 9.97 Å². The quantitative estimate of drug-likeness (QED) is 0.230. The molecule has 0 spiro atoms. The van der Waals surface area contributed by atoms with Crippen LogP contribution in [0.5, 0.6) is 0 Å². The second-order valence-electron chi connectivity index (χ2n) is 11.4. The van der Waals surface area contributed by atoms with E-state index in [4.69, 9.17) is 9.97 Å². The summed E-state index contributed by atoms with van der Waals surface area (Å²) in [6.07, 6.45) is 0. The third-order valence-electron chi connectivity index (χ3n) is 8.64. The molecule has 0 saturated carbocycles. The van der Waals surface area contributed by atoms with Crippen molar-refractivity contribution >= 4 is 21.8 Å². The van der Waals surface area contributed by atoms with Gasteiger partial charge in [0.15, 0.2) is 0 Å². The number of hydrogen-bond donors (Lipinski definition) is 0. The lowest BCUT2D eigenvalue weighted by Crippen LogP contribution is -2.15. The first kappa shape index (κ1) is 23.8. The molecule has 0 saturated heterocycles. The Morgan fingerprint density at radius 2 is 1.05 bits per heavy atom. The molecule has 1 aliphatic carbocycles. The molecule has 0 amide bonds. The van der Waals surface area contributed by atoms with Gasteiger partial charge in [0.1, 0.15) is 0 Å². The molecule has 8 rings (SSSR count). The van der Waals surface area contributed by atoms with Crippen LogP contribution in [0.15, 0.2) is 133 Å². The van der Waals surface area contributed by atoms with Gasteiger partial charge in [-0.2, -0.15) is 0 Å². The monoisotopic (exact) mass is 524 g/mol. The van der Waals surface area contributed by atoms with Gasteiger partial charge in [0, 0.05) is 16.5 Å². The number of nitrogens with zero attached hydrogens (tertiary/aromatic N) is 2. The molecular weight excluding hydrogens is 496 g/mol. The standard InChI is InChI=1S/C39H28N2/c1-39(2)33-13-7-6-12-31(33)32-23-21-29-24-28(20-22-30(29)36(32)39)25-16-18-27(19-17-25)38-37(26-10-4-3-5-11-26)40-34-14-8-9-15-35(34)41-38/h3-24H,1-2H3. The normalized spacial score (nSPS) is 13.3. The molecule has 194 valence electrons. The van der Waals surface area contributed by atoms with E-state index in [-0.39, 0.29) is 5.41 Å². The van der Waals surface area contributed by atoms with Gasteiger partial charge in [0.05, 0.1) is 22.4 Å². The number of benzene rings is 6. The molecule has 2 heteroatoms. The van der Waals surface area contributed by atoms with Gasteiger partial charge in [0.25, 0.3) is 0 Å². The van der Waals surface area contributed by atoms with Crippen molar-refractivity contribution in [3.63, 3.8) is 0 Å². The van der Waals surface area contributed by atoms with Crippen molar-refractivity contribution in [1.29, 1.82) is 0 Å². The fourth-order valence-corrected chi connectivity index (χ4v) is 6.62. The summed E-state index contributed by atoms with van der Waals surface area (Å²) in [4.78, 5) is 10.1. The van der Waals surface area contributed by atoms with Gasteiger partial charge in [0.2, 0.25) is 0 Å². The number of hydrogen-bond acceptors (Lipinski definition) is 2. The molecule has 41 heavy (non-hydrogen) atoms. The van der Waals surface area contributed by atoms with Crippen LogP contribution in [0, 0.1) is 0 Å². The van der Waals surface area contributed by atoms with E-state index in [0.29, 0.717) is 0 Å². The summed E-state index contributed by atoms with van der Waals surface area (Å²) >= 11 is 0. The van der Waals surface area contributed by atoms with Gasteiger partial charge >= 0.3 is 0 Å². The van der Waals surface area contributed by atoms with E-state index in [1.165, 1.54) is 44.2 Å². The van der Waals surface area contributed by atoms with Gasteiger partial charge in [-0.3, -0.25) is 0 Å². The van der Waals surface area contributed by atoms with Crippen LogP contribution in [0.3, 0.4) is 0 Å². The van der Waals surface area contributed by atoms with Crippen LogP contribution in [0.1, 0.15) is 25.0 Å². The van der Waals surface area contributed by atoms with E-state index in [2.05, 4.69) is 105 Å². The van der Waals surface area contributed by atoms with E-state index in [1.54, 1.807) is 0 Å². The summed E-state index contributed by atoms with van der Waals surface area (Å²) in [6.45, 7) is 4.70. The first-order valence-electron chi connectivity index (χ1n) is 14.2. The van der Waals surface area contributed by atoms with Crippen LogP contribution in [0.2, 0.25) is 0 Å². The molecule has 7 aromatic rings. The Morgan fingerprint density at radius 1 is 0.463 bits per heavy atom. The van der Waals surface area contributed by atoms with Gasteiger partial charge in [-0.05, 0) is 62.4 Å². The van der Waals surface area contributed by atoms with Crippen molar-refractivity contribution in [2.75, 3.05) is 0 Å². The minimum Gasteiger partial charge on any atom is -0.244 e. The third-order valence-corrected chi connectivity index (χ3v) is 8.64. The van der Waals surface area contributed by atoms with Crippen molar-refractivity contribution in [2.24, 2.45) is 0 Å². The molecule has 1 aromatic heterocycles. The number of rotatable bonds is 3. The molecule has 2 nitrogen and oxygen atoms in total. The largest absolute Gasteiger partial charge is 0.244 e. The molecule has 6 aromatic carbocycles. The highest BCUT2D eigenvalue weighted by Gasteiger charge is 2.36. The second-order valence-corrected chi connectivity index (χ2v) is 11.4. The Labute approximate surface area is 240 Å². The summed E-state index contributed by atoms with van der Waals surface area (Å²) in [5, 5.41) is 2.61. The van der Waals surface area contributed by atoms with E-state index >= 15 is 0 Å². The van der Waals surface area contributed by atoms with Crippen molar-refractivity contribution < 1.29 is 0 Å². The van der Waals surface area contributed by atoms with Gasteiger partial charge in [-0.15, -0.1) is 0 Å². The zero-order valence-electron chi connectivity index (χ0n) is 23.1. The molecule has 0 radical (unpaired) electrons. The molecule has 0 N–H and O–H groups in total. The Kier molecular flexibility index (Phi) is 5.20. The maximum atomic E-state index is 5.07. The van der Waals surface area contributed by atoms with Crippen LogP contribution in [-0.4, -0.2) is 9.97 Å². The molecule has 0 atom stereocenters. The van der Waals surface area contributed by atoms with E-state index in [1.807, 2.05) is 42.5 Å². The first-order chi connectivity index (χ1) is 20.1. The molecule has 0 fully saturated rings. The Balaban J connectivity index is 1.21. The van der Waals surface area contributed by atoms with Crippen molar-refractivity contribution in [2.45, 2.75) is 19.3 Å². The number of aromatic nitrogens is 2. The van der Waals surface area contributed by atoms with Crippen molar-refractivity contribution in [3.8, 4) is 44.8 Å². The summed E-state index contributed by atoms with van der Waals surface area (Å²) in [6, 6.07) is 47.5. The summed E-state index contributed by atoms with van der Waals surface area (Å²) in [7, 11) is 0. The smallest absolute Gasteiger partial charge is 0.0973 e. The number of fused-ring (bicyclic) bond motifs is 6. The summed E-state index contributed by atoms with van der Waals surface area (Å²) in [5.41, 5.74) is 13.7. The highest BCUT2D eigenvalue weighted by Crippen LogP contribution is 2.51. The topological polar surface area (TPSA) is 25.8 Å². The lowest BCUT2D eigenvalue weighted by Gasteiger charge is -2.23. The SMILES string of the molecule is CC1(C)c2ccccc2-c2ccc3cc(-c4ccc(-c5nc6ccccc6nc5-c5ccccc5)cc4)ccc3c21. The Hall–Kier alpha value is -5.08. The zero-order chi connectivity index (χ0) is 27.6. The molecule has 1 heterocycles. The van der Waals surface area contributed by atoms with Crippen LogP contribution >= 0.6 is 0 Å². The second kappa shape index (κ2) is 8.97. The molecule has 0 unspecified atom stereocenters. The minimum atomic E-state index is -0.0219. The van der Waals surface area contributed by atoms with E-state index in [0.717, 1.165) is 33.5 Å². The zero-order valence-corrected chi connectivity index (χ0v) is 23.1. The maximum Gasteiger partial charge on any atom is 0.0973 e. The fourth-order valence-electron chi connectivity index (χ4n) is 6.62. The average Bonchev–Trinajstić information content (AvgIpc) is 3.27. The predicted molar refractivity (Wildman–Crippen MR) is 171 cm³/mol. The Bertz CT molecular complexity index is 2110. The third kappa shape index (κ3) is 3.72. The molecule has 0 bridgehead atoms. The van der Waals surface area contributed by atoms with E-state index < -0.39 is 0 Å². The first-order valence-corrected chi connectivity index (χ1v) is 14.2. The summed E-state index contributed by atoms with van der Waals surface area (Å²) < 4.78 is 0. The minimum absolute atomic E-state index is 0.0219. The van der Waals surface area contributed by atoms with Gasteiger partial charge in [-0.25, -0.2) is 9.97 Å². The highest BCUT2D eigenvalue weighted by atomic mass is 14.8. The molecular formula is C39H28N2. The predicted octanol–water partition coefficient (Wildman–Crippen LogP) is 10.1. The van der Waals surface area contributed by atoms with Crippen molar-refractivity contribution in [3.05, 3.63) is 145 Å². The molecule has 0 aliphatic heterocycles. The fraction of sp³-hybridized carbons (Fsp3) is 0.0769. The lowest BCUT2D eigenvalue weighted by atomic mass is 9.80. The summed E-state index contributed by atoms with van der Waals surface area (Å²) in [5.74, 6) is 0. The van der Waals surface area contributed by atoms with Gasteiger partial charge < -0.3 is 0 Å². The lowest BCUT2D eigenvalue weighted by molar-refractivity contribution is 0.666.